The van der Waals surface area contributed by atoms with Crippen molar-refractivity contribution in [1.29, 1.82) is 0 Å². The number of guanidine groups is 1. The minimum atomic E-state index is -5.12. The number of halogens is 9. The number of nitrogens with zero attached hydrogens (tertiary/aromatic N) is 5. The Morgan fingerprint density at radius 3 is 2.20 bits per heavy atom. The molecule has 4 N–H and O–H groups in total. The highest BCUT2D eigenvalue weighted by atomic mass is 32.2. The van der Waals surface area contributed by atoms with E-state index in [1.54, 1.807) is 0 Å². The summed E-state index contributed by atoms with van der Waals surface area (Å²) in [6, 6.07) is 3.18. The summed E-state index contributed by atoms with van der Waals surface area (Å²) in [4.78, 5) is 5.62. The summed E-state index contributed by atoms with van der Waals surface area (Å²) < 4.78 is 136. The van der Waals surface area contributed by atoms with Crippen molar-refractivity contribution in [2.24, 2.45) is 16.7 Å². The van der Waals surface area contributed by atoms with Gasteiger partial charge in [-0.1, -0.05) is 19.1 Å². The number of hydrogen-bond acceptors (Lipinski definition) is 6. The standard InChI is InChI=1S/C31H40F9N7OS/c1-3-27(46-11-9-45(10-12-46)25-8-13-49(48)19-25)26-7-6-22(29(32,33)34)15-21(26)18-47(28(41)43-44(2)42)17-20-4-5-23(30(35,36)37)16-24(14-20)31(38,39)40/h4,6-7,14-16,25,27H,3,5,8-13,17-19,42H2,1-2H3,(H2,41,43). The molecular formula is C31H40F9N7OS. The molecule has 49 heavy (non-hydrogen) atoms. The van der Waals surface area contributed by atoms with Gasteiger partial charge in [-0.2, -0.15) is 39.5 Å². The van der Waals surface area contributed by atoms with Crippen molar-refractivity contribution in [1.82, 2.24) is 19.8 Å². The maximum Gasteiger partial charge on any atom is 0.416 e. The van der Waals surface area contributed by atoms with Gasteiger partial charge in [0.1, 0.15) is 0 Å². The molecular weight excluding hydrogens is 689 g/mol. The summed E-state index contributed by atoms with van der Waals surface area (Å²) >= 11 is 0. The van der Waals surface area contributed by atoms with Gasteiger partial charge in [0.2, 0.25) is 5.96 Å². The molecule has 1 aromatic carbocycles. The predicted octanol–water partition coefficient (Wildman–Crippen LogP) is 5.44. The van der Waals surface area contributed by atoms with Crippen molar-refractivity contribution in [2.45, 2.75) is 63.3 Å². The first-order valence-electron chi connectivity index (χ1n) is 15.6. The molecule has 0 radical (unpaired) electrons. The zero-order valence-corrected chi connectivity index (χ0v) is 27.8. The SMILES string of the molecule is CCC(c1ccc(C(F)(F)F)cc1CN(CC1=CCC(C(F)(F)F)=CC(C(F)(F)F)=C1)/C(N)=N/N(C)N)N1CCN(C2CCS(=O)C2)CC1. The van der Waals surface area contributed by atoms with E-state index in [1.807, 2.05) is 6.92 Å². The minimum absolute atomic E-state index is 0.0432. The molecule has 0 aromatic heterocycles. The highest BCUT2D eigenvalue weighted by Crippen LogP contribution is 2.38. The van der Waals surface area contributed by atoms with Gasteiger partial charge < -0.3 is 10.6 Å². The Hall–Kier alpha value is -3.09. The van der Waals surface area contributed by atoms with Gasteiger partial charge in [-0.3, -0.25) is 14.0 Å². The molecule has 3 unspecified atom stereocenters. The molecule has 2 fully saturated rings. The molecule has 2 heterocycles. The van der Waals surface area contributed by atoms with E-state index in [0.29, 0.717) is 55.7 Å². The van der Waals surface area contributed by atoms with Gasteiger partial charge in [-0.15, -0.1) is 5.10 Å². The van der Waals surface area contributed by atoms with Crippen molar-refractivity contribution in [3.63, 3.8) is 0 Å². The Bertz CT molecular complexity index is 1480. The summed E-state index contributed by atoms with van der Waals surface area (Å²) in [5, 5.41) is 4.70. The first-order chi connectivity index (χ1) is 22.8. The van der Waals surface area contributed by atoms with Gasteiger partial charge in [0.05, 0.1) is 11.1 Å². The van der Waals surface area contributed by atoms with Crippen LogP contribution in [-0.4, -0.2) is 99.7 Å². The molecule has 3 atom stereocenters. The van der Waals surface area contributed by atoms with Crippen LogP contribution in [0, 0.1) is 0 Å². The summed E-state index contributed by atoms with van der Waals surface area (Å²) in [6.45, 7) is 3.55. The van der Waals surface area contributed by atoms with E-state index >= 15 is 0 Å². The van der Waals surface area contributed by atoms with Gasteiger partial charge in [-0.05, 0) is 60.2 Å². The quantitative estimate of drug-likeness (QED) is 0.115. The summed E-state index contributed by atoms with van der Waals surface area (Å²) in [7, 11) is 0.449. The number of nitrogens with two attached hydrogens (primary N) is 2. The van der Waals surface area contributed by atoms with E-state index in [2.05, 4.69) is 14.9 Å². The Balaban J connectivity index is 1.70. The van der Waals surface area contributed by atoms with Gasteiger partial charge in [-0.25, -0.2) is 11.0 Å². The maximum absolute atomic E-state index is 14.0. The predicted molar refractivity (Wildman–Crippen MR) is 169 cm³/mol. The number of hydrogen-bond donors (Lipinski definition) is 2. The average Bonchev–Trinajstić information content (AvgIpc) is 3.30. The first kappa shape index (κ1) is 38.7. The molecule has 1 aliphatic carbocycles. The summed E-state index contributed by atoms with van der Waals surface area (Å²) in [5.41, 5.74) is 2.77. The fourth-order valence-corrected chi connectivity index (χ4v) is 7.91. The van der Waals surface area contributed by atoms with E-state index in [-0.39, 0.29) is 41.8 Å². The second-order valence-electron chi connectivity index (χ2n) is 12.3. The average molecular weight is 730 g/mol. The van der Waals surface area contributed by atoms with Crippen LogP contribution >= 0.6 is 0 Å². The van der Waals surface area contributed by atoms with E-state index in [0.717, 1.165) is 29.7 Å². The van der Waals surface area contributed by atoms with Gasteiger partial charge in [0.25, 0.3) is 0 Å². The number of hydrazone groups is 1. The maximum atomic E-state index is 14.0. The summed E-state index contributed by atoms with van der Waals surface area (Å²) in [6.07, 6.45) is -12.8. The third kappa shape index (κ3) is 10.2. The van der Waals surface area contributed by atoms with Gasteiger partial charge in [0, 0.05) is 86.3 Å². The molecule has 2 aliphatic heterocycles. The fourth-order valence-electron chi connectivity index (χ4n) is 6.40. The molecule has 274 valence electrons. The number of allylic oxidation sites excluding steroid dienone is 4. The third-order valence-corrected chi connectivity index (χ3v) is 10.3. The Kier molecular flexibility index (Phi) is 12.2. The number of hydrazine groups is 1. The lowest BCUT2D eigenvalue weighted by Crippen LogP contribution is -2.51. The molecule has 2 saturated heterocycles. The van der Waals surface area contributed by atoms with E-state index in [1.165, 1.54) is 18.0 Å². The largest absolute Gasteiger partial charge is 0.416 e. The van der Waals surface area contributed by atoms with Crippen LogP contribution < -0.4 is 11.6 Å². The molecule has 0 amide bonds. The second kappa shape index (κ2) is 15.4. The monoisotopic (exact) mass is 729 g/mol. The molecule has 8 nitrogen and oxygen atoms in total. The Morgan fingerprint density at radius 1 is 1.00 bits per heavy atom. The van der Waals surface area contributed by atoms with Crippen LogP contribution in [0.3, 0.4) is 0 Å². The highest BCUT2D eigenvalue weighted by Gasteiger charge is 2.39. The van der Waals surface area contributed by atoms with Crippen LogP contribution in [0.15, 0.2) is 58.2 Å². The van der Waals surface area contributed by atoms with E-state index < -0.39 is 59.0 Å². The zero-order valence-electron chi connectivity index (χ0n) is 27.0. The van der Waals surface area contributed by atoms with Crippen molar-refractivity contribution in [3.8, 4) is 0 Å². The lowest BCUT2D eigenvalue weighted by atomic mass is 9.93. The summed E-state index contributed by atoms with van der Waals surface area (Å²) in [5.74, 6) is 6.52. The Labute approximate surface area is 281 Å². The number of alkyl halides is 9. The molecule has 18 heteroatoms. The van der Waals surface area contributed by atoms with Crippen molar-refractivity contribution < 1.29 is 43.7 Å². The Morgan fingerprint density at radius 2 is 1.67 bits per heavy atom. The van der Waals surface area contributed by atoms with Crippen LogP contribution in [-0.2, 0) is 23.5 Å². The topological polar surface area (TPSA) is 94.4 Å². The minimum Gasteiger partial charge on any atom is -0.368 e. The van der Waals surface area contributed by atoms with Crippen LogP contribution in [0.25, 0.3) is 0 Å². The van der Waals surface area contributed by atoms with Gasteiger partial charge >= 0.3 is 18.5 Å². The smallest absolute Gasteiger partial charge is 0.368 e. The number of piperazine rings is 1. The van der Waals surface area contributed by atoms with E-state index in [4.69, 9.17) is 11.6 Å². The zero-order chi connectivity index (χ0) is 36.3. The van der Waals surface area contributed by atoms with Crippen LogP contribution in [0.4, 0.5) is 39.5 Å². The normalized spacial score (nSPS) is 22.7. The van der Waals surface area contributed by atoms with Crippen molar-refractivity contribution in [2.75, 3.05) is 51.3 Å². The van der Waals surface area contributed by atoms with Crippen LogP contribution in [0.2, 0.25) is 0 Å². The highest BCUT2D eigenvalue weighted by molar-refractivity contribution is 7.85. The third-order valence-electron chi connectivity index (χ3n) is 8.84. The lowest BCUT2D eigenvalue weighted by molar-refractivity contribution is -0.137. The number of rotatable bonds is 9. The van der Waals surface area contributed by atoms with E-state index in [9.17, 15) is 43.7 Å². The van der Waals surface area contributed by atoms with Crippen LogP contribution in [0.1, 0.15) is 48.9 Å². The van der Waals surface area contributed by atoms with Crippen molar-refractivity contribution >= 4 is 16.8 Å². The van der Waals surface area contributed by atoms with Crippen LogP contribution in [0.5, 0.6) is 0 Å². The van der Waals surface area contributed by atoms with Crippen molar-refractivity contribution in [3.05, 3.63) is 69.8 Å². The molecule has 0 spiro atoms. The molecule has 1 aromatic rings. The second-order valence-corrected chi connectivity index (χ2v) is 13.9. The first-order valence-corrected chi connectivity index (χ1v) is 17.1. The van der Waals surface area contributed by atoms with Gasteiger partial charge in [0.15, 0.2) is 0 Å². The molecule has 0 saturated carbocycles. The molecule has 0 bridgehead atoms. The fraction of sp³-hybridized carbons (Fsp3) is 0.581. The lowest BCUT2D eigenvalue weighted by Gasteiger charge is -2.42. The molecule has 3 aliphatic rings. The number of benzene rings is 1. The molecule has 4 rings (SSSR count).